The number of rotatable bonds is 1. The highest BCUT2D eigenvalue weighted by molar-refractivity contribution is 9.10. The summed E-state index contributed by atoms with van der Waals surface area (Å²) in [7, 11) is 0. The van der Waals surface area contributed by atoms with Crippen molar-refractivity contribution in [2.45, 2.75) is 0 Å². The molecule has 1 aromatic heterocycles. The van der Waals surface area contributed by atoms with Gasteiger partial charge in [-0.15, -0.1) is 0 Å². The van der Waals surface area contributed by atoms with Gasteiger partial charge in [0.25, 0.3) is 5.56 Å². The van der Waals surface area contributed by atoms with Crippen LogP contribution in [0.15, 0.2) is 9.27 Å². The molecule has 6 heteroatoms. The molecule has 0 amide bonds. The van der Waals surface area contributed by atoms with Gasteiger partial charge in [0.05, 0.1) is 0 Å². The minimum Gasteiger partial charge on any atom is -0.476 e. The average Bonchev–Trinajstić information content (AvgIpc) is 2.14. The second-order valence-electron chi connectivity index (χ2n) is 1.57. The summed E-state index contributed by atoms with van der Waals surface area (Å²) in [4.78, 5) is 20.8. The number of carboxylic acid groups (broad SMARTS) is 1. The Bertz CT molecular complexity index is 313. The highest BCUT2D eigenvalue weighted by atomic mass is 79.9. The third-order valence-corrected chi connectivity index (χ3v) is 1.69. The molecule has 0 unspecified atom stereocenters. The predicted octanol–water partition coefficient (Wildman–Crippen LogP) is 0.164. The van der Waals surface area contributed by atoms with E-state index in [1.54, 1.807) is 0 Å². The van der Waals surface area contributed by atoms with Crippen molar-refractivity contribution in [3.8, 4) is 0 Å². The molecule has 0 radical (unpaired) electrons. The van der Waals surface area contributed by atoms with E-state index in [1.807, 2.05) is 0 Å². The van der Waals surface area contributed by atoms with E-state index in [2.05, 4.69) is 26.1 Å². The van der Waals surface area contributed by atoms with Gasteiger partial charge in [-0.25, -0.2) is 4.79 Å². The van der Waals surface area contributed by atoms with Gasteiger partial charge in [-0.1, -0.05) is 0 Å². The zero-order chi connectivity index (χ0) is 7.72. The first-order chi connectivity index (χ1) is 4.63. The SMILES string of the molecule is O=C(O)c1[nH][nH]c(=O)c1Br. The van der Waals surface area contributed by atoms with Gasteiger partial charge in [-0.05, 0) is 15.9 Å². The van der Waals surface area contributed by atoms with Crippen LogP contribution < -0.4 is 5.56 Å². The molecule has 0 aliphatic heterocycles. The molecule has 0 saturated heterocycles. The lowest BCUT2D eigenvalue weighted by molar-refractivity contribution is 0.0689. The van der Waals surface area contributed by atoms with E-state index < -0.39 is 11.5 Å². The first-order valence-corrected chi connectivity index (χ1v) is 3.11. The molecule has 0 fully saturated rings. The van der Waals surface area contributed by atoms with Crippen LogP contribution in [-0.2, 0) is 0 Å². The Balaban J connectivity index is 3.31. The second kappa shape index (κ2) is 2.30. The molecule has 1 aromatic rings. The molecule has 0 aliphatic rings. The third kappa shape index (κ3) is 0.971. The Kier molecular flexibility index (Phi) is 1.62. The largest absolute Gasteiger partial charge is 0.476 e. The quantitative estimate of drug-likeness (QED) is 0.613. The number of carbonyl (C=O) groups is 1. The van der Waals surface area contributed by atoms with Crippen LogP contribution in [-0.4, -0.2) is 21.3 Å². The van der Waals surface area contributed by atoms with Crippen LogP contribution >= 0.6 is 15.9 Å². The van der Waals surface area contributed by atoms with Crippen molar-refractivity contribution in [1.29, 1.82) is 0 Å². The lowest BCUT2D eigenvalue weighted by Crippen LogP contribution is -2.00. The molecule has 0 saturated carbocycles. The van der Waals surface area contributed by atoms with E-state index >= 15 is 0 Å². The minimum atomic E-state index is -1.18. The van der Waals surface area contributed by atoms with Crippen molar-refractivity contribution in [2.24, 2.45) is 0 Å². The summed E-state index contributed by atoms with van der Waals surface area (Å²) in [5.41, 5.74) is -0.637. The summed E-state index contributed by atoms with van der Waals surface area (Å²) in [5.74, 6) is -1.18. The number of carboxylic acids is 1. The van der Waals surface area contributed by atoms with Crippen LogP contribution in [0.2, 0.25) is 0 Å². The fraction of sp³-hybridized carbons (Fsp3) is 0. The van der Waals surface area contributed by atoms with Crippen LogP contribution in [0.5, 0.6) is 0 Å². The number of aromatic nitrogens is 2. The van der Waals surface area contributed by atoms with Crippen LogP contribution in [0.1, 0.15) is 10.5 Å². The lowest BCUT2D eigenvalue weighted by Gasteiger charge is -1.83. The Morgan fingerprint density at radius 2 is 2.10 bits per heavy atom. The van der Waals surface area contributed by atoms with Gasteiger partial charge in [0.2, 0.25) is 0 Å². The number of aromatic carboxylic acids is 1. The van der Waals surface area contributed by atoms with Gasteiger partial charge in [0.15, 0.2) is 5.69 Å². The smallest absolute Gasteiger partial charge is 0.355 e. The summed E-state index contributed by atoms with van der Waals surface area (Å²) in [6, 6.07) is 0. The van der Waals surface area contributed by atoms with Gasteiger partial charge < -0.3 is 5.11 Å². The third-order valence-electron chi connectivity index (χ3n) is 0.934. The first kappa shape index (κ1) is 7.07. The van der Waals surface area contributed by atoms with E-state index in [4.69, 9.17) is 5.11 Å². The molecular formula is C4H3BrN2O3. The molecule has 3 N–H and O–H groups in total. The molecule has 1 rings (SSSR count). The maximum absolute atomic E-state index is 10.5. The number of halogens is 1. The molecule has 0 atom stereocenters. The maximum atomic E-state index is 10.5. The number of hydrogen-bond donors (Lipinski definition) is 3. The molecule has 10 heavy (non-hydrogen) atoms. The van der Waals surface area contributed by atoms with Crippen molar-refractivity contribution in [1.82, 2.24) is 10.2 Å². The molecule has 1 heterocycles. The van der Waals surface area contributed by atoms with E-state index in [0.29, 0.717) is 0 Å². The van der Waals surface area contributed by atoms with Crippen LogP contribution in [0.3, 0.4) is 0 Å². The minimum absolute atomic E-state index is 0.0139. The van der Waals surface area contributed by atoms with Gasteiger partial charge in [0, 0.05) is 0 Å². The number of aromatic amines is 2. The summed E-state index contributed by atoms with van der Waals surface area (Å²) < 4.78 is 0.0139. The van der Waals surface area contributed by atoms with Crippen LogP contribution in [0, 0.1) is 0 Å². The number of H-pyrrole nitrogens is 2. The summed E-state index contributed by atoms with van der Waals surface area (Å²) in [6.07, 6.45) is 0. The fourth-order valence-corrected chi connectivity index (χ4v) is 0.858. The monoisotopic (exact) mass is 206 g/mol. The molecule has 0 bridgehead atoms. The van der Waals surface area contributed by atoms with Crippen molar-refractivity contribution in [3.63, 3.8) is 0 Å². The molecule has 0 spiro atoms. The summed E-state index contributed by atoms with van der Waals surface area (Å²) in [5, 5.41) is 12.7. The van der Waals surface area contributed by atoms with Gasteiger partial charge in [0.1, 0.15) is 4.47 Å². The van der Waals surface area contributed by atoms with Crippen molar-refractivity contribution in [2.75, 3.05) is 0 Å². The second-order valence-corrected chi connectivity index (χ2v) is 2.37. The topological polar surface area (TPSA) is 85.9 Å². The molecule has 0 aliphatic carbocycles. The van der Waals surface area contributed by atoms with E-state index in [1.165, 1.54) is 0 Å². The molecule has 5 nitrogen and oxygen atoms in total. The Labute approximate surface area is 63.2 Å². The van der Waals surface area contributed by atoms with Crippen molar-refractivity contribution >= 4 is 21.9 Å². The maximum Gasteiger partial charge on any atom is 0.355 e. The zero-order valence-electron chi connectivity index (χ0n) is 4.64. The Morgan fingerprint density at radius 3 is 2.30 bits per heavy atom. The standard InChI is InChI=1S/C4H3BrN2O3/c5-1-2(4(9)10)6-7-3(1)8/h(H,9,10)(H2,6,7,8). The predicted molar refractivity (Wildman–Crippen MR) is 36.1 cm³/mol. The van der Waals surface area contributed by atoms with Gasteiger partial charge >= 0.3 is 5.97 Å². The van der Waals surface area contributed by atoms with Crippen LogP contribution in [0.25, 0.3) is 0 Å². The fourth-order valence-electron chi connectivity index (χ4n) is 0.490. The Morgan fingerprint density at radius 1 is 1.50 bits per heavy atom. The van der Waals surface area contributed by atoms with Crippen molar-refractivity contribution < 1.29 is 9.90 Å². The number of hydrogen-bond acceptors (Lipinski definition) is 2. The van der Waals surface area contributed by atoms with Crippen LogP contribution in [0.4, 0.5) is 0 Å². The normalized spacial score (nSPS) is 9.70. The number of nitrogens with one attached hydrogen (secondary N) is 2. The first-order valence-electron chi connectivity index (χ1n) is 2.32. The zero-order valence-corrected chi connectivity index (χ0v) is 6.23. The Hall–Kier alpha value is -1.04. The lowest BCUT2D eigenvalue weighted by atomic mass is 10.4. The van der Waals surface area contributed by atoms with Gasteiger partial charge in [-0.2, -0.15) is 0 Å². The van der Waals surface area contributed by atoms with Gasteiger partial charge in [-0.3, -0.25) is 15.0 Å². The van der Waals surface area contributed by atoms with E-state index in [9.17, 15) is 9.59 Å². The molecular weight excluding hydrogens is 204 g/mol. The molecule has 0 aromatic carbocycles. The highest BCUT2D eigenvalue weighted by Gasteiger charge is 2.12. The highest BCUT2D eigenvalue weighted by Crippen LogP contribution is 2.06. The van der Waals surface area contributed by atoms with Crippen molar-refractivity contribution in [3.05, 3.63) is 20.5 Å². The summed E-state index contributed by atoms with van der Waals surface area (Å²) >= 11 is 2.79. The molecule has 54 valence electrons. The van der Waals surface area contributed by atoms with E-state index in [-0.39, 0.29) is 10.2 Å². The summed E-state index contributed by atoms with van der Waals surface area (Å²) in [6.45, 7) is 0. The van der Waals surface area contributed by atoms with E-state index in [0.717, 1.165) is 0 Å². The average molecular weight is 207 g/mol.